The Bertz CT molecular complexity index is 819. The van der Waals surface area contributed by atoms with Gasteiger partial charge in [-0.2, -0.15) is 0 Å². The number of hydrogen-bond donors (Lipinski definition) is 2. The molecule has 3 unspecified atom stereocenters. The molecule has 0 bridgehead atoms. The second-order valence-corrected chi connectivity index (χ2v) is 6.86. The summed E-state index contributed by atoms with van der Waals surface area (Å²) in [5.74, 6) is -0.293. The van der Waals surface area contributed by atoms with E-state index in [2.05, 4.69) is 10.9 Å². The van der Waals surface area contributed by atoms with E-state index in [1.165, 1.54) is 0 Å². The van der Waals surface area contributed by atoms with Gasteiger partial charge < -0.3 is 14.2 Å². The molecule has 0 saturated carbocycles. The fourth-order valence-corrected chi connectivity index (χ4v) is 2.93. The van der Waals surface area contributed by atoms with Gasteiger partial charge in [-0.15, -0.1) is 0 Å². The first-order valence-electron chi connectivity index (χ1n) is 9.51. The Morgan fingerprint density at radius 3 is 2.50 bits per heavy atom. The van der Waals surface area contributed by atoms with Crippen LogP contribution in [0.3, 0.4) is 0 Å². The molecule has 7 heteroatoms. The lowest BCUT2D eigenvalue weighted by molar-refractivity contribution is -0.139. The first kappa shape index (κ1) is 20.1. The van der Waals surface area contributed by atoms with Crippen molar-refractivity contribution >= 4 is 22.6 Å². The van der Waals surface area contributed by atoms with Gasteiger partial charge in [0.05, 0.1) is 12.7 Å². The molecular formula is C21H26N2O5. The van der Waals surface area contributed by atoms with E-state index in [9.17, 15) is 9.59 Å². The number of benzene rings is 2. The minimum absolute atomic E-state index is 0.0419. The van der Waals surface area contributed by atoms with Gasteiger partial charge in [0.15, 0.2) is 6.10 Å². The molecule has 3 atom stereocenters. The maximum absolute atomic E-state index is 12.2. The molecule has 1 aliphatic heterocycles. The van der Waals surface area contributed by atoms with Crippen LogP contribution in [0.2, 0.25) is 0 Å². The number of hydrogen-bond acceptors (Lipinski definition) is 5. The van der Waals surface area contributed by atoms with E-state index in [-0.39, 0.29) is 6.10 Å². The SMILES string of the molecule is CC(OCC1CCCO1)C(=O)NNC(=O)C(C)Oc1ccc2ccccc2c1. The standard InChI is InChI=1S/C21H26N2O5/c1-14(27-13-19-8-5-11-26-19)20(24)22-23-21(25)15(2)28-18-10-9-16-6-3-4-7-17(16)12-18/h3-4,6-7,9-10,12,14-15,19H,5,8,11,13H2,1-2H3,(H,22,24)(H,23,25). The zero-order valence-corrected chi connectivity index (χ0v) is 16.1. The molecule has 2 amide bonds. The summed E-state index contributed by atoms with van der Waals surface area (Å²) in [6.07, 6.45) is 0.528. The van der Waals surface area contributed by atoms with Crippen molar-refractivity contribution in [2.45, 2.75) is 45.0 Å². The van der Waals surface area contributed by atoms with Crippen LogP contribution in [-0.2, 0) is 19.1 Å². The first-order chi connectivity index (χ1) is 13.5. The lowest BCUT2D eigenvalue weighted by Crippen LogP contribution is -2.50. The van der Waals surface area contributed by atoms with E-state index < -0.39 is 24.0 Å². The molecule has 3 rings (SSSR count). The average molecular weight is 386 g/mol. The van der Waals surface area contributed by atoms with Crippen molar-refractivity contribution in [3.8, 4) is 5.75 Å². The summed E-state index contributed by atoms with van der Waals surface area (Å²) in [5, 5.41) is 2.12. The summed E-state index contributed by atoms with van der Waals surface area (Å²) in [6.45, 7) is 4.35. The maximum Gasteiger partial charge on any atom is 0.279 e. The van der Waals surface area contributed by atoms with Gasteiger partial charge in [0, 0.05) is 6.61 Å². The van der Waals surface area contributed by atoms with Crippen LogP contribution < -0.4 is 15.6 Å². The number of carbonyl (C=O) groups excluding carboxylic acids is 2. The third-order valence-electron chi connectivity index (χ3n) is 4.64. The minimum atomic E-state index is -0.774. The van der Waals surface area contributed by atoms with Gasteiger partial charge in [-0.05, 0) is 49.6 Å². The Hall–Kier alpha value is -2.64. The molecule has 1 fully saturated rings. The third kappa shape index (κ3) is 5.43. The van der Waals surface area contributed by atoms with Gasteiger partial charge in [0.1, 0.15) is 11.9 Å². The van der Waals surface area contributed by atoms with Crippen molar-refractivity contribution in [2.75, 3.05) is 13.2 Å². The van der Waals surface area contributed by atoms with Gasteiger partial charge in [-0.25, -0.2) is 0 Å². The van der Waals surface area contributed by atoms with Crippen LogP contribution in [0.25, 0.3) is 10.8 Å². The number of rotatable bonds is 7. The Labute approximate surface area is 164 Å². The van der Waals surface area contributed by atoms with E-state index in [0.29, 0.717) is 12.4 Å². The smallest absolute Gasteiger partial charge is 0.279 e. The molecule has 1 saturated heterocycles. The Kier molecular flexibility index (Phi) is 6.84. The van der Waals surface area contributed by atoms with Crippen LogP contribution in [0.15, 0.2) is 42.5 Å². The number of carbonyl (C=O) groups is 2. The molecule has 0 spiro atoms. The first-order valence-corrected chi connectivity index (χ1v) is 9.51. The van der Waals surface area contributed by atoms with Crippen molar-refractivity contribution in [1.29, 1.82) is 0 Å². The van der Waals surface area contributed by atoms with E-state index in [4.69, 9.17) is 14.2 Å². The maximum atomic E-state index is 12.2. The molecule has 1 aliphatic rings. The topological polar surface area (TPSA) is 85.9 Å². The van der Waals surface area contributed by atoms with Gasteiger partial charge in [0.2, 0.25) is 0 Å². The lowest BCUT2D eigenvalue weighted by atomic mass is 10.1. The highest BCUT2D eigenvalue weighted by Crippen LogP contribution is 2.21. The monoisotopic (exact) mass is 386 g/mol. The van der Waals surface area contributed by atoms with Crippen LogP contribution in [0, 0.1) is 0 Å². The zero-order valence-electron chi connectivity index (χ0n) is 16.1. The van der Waals surface area contributed by atoms with E-state index in [1.54, 1.807) is 13.8 Å². The van der Waals surface area contributed by atoms with E-state index >= 15 is 0 Å². The van der Waals surface area contributed by atoms with Crippen LogP contribution in [0.4, 0.5) is 0 Å². The summed E-state index contributed by atoms with van der Waals surface area (Å²) >= 11 is 0. The van der Waals surface area contributed by atoms with Gasteiger partial charge in [0.25, 0.3) is 11.8 Å². The molecular weight excluding hydrogens is 360 g/mol. The largest absolute Gasteiger partial charge is 0.481 e. The summed E-state index contributed by atoms with van der Waals surface area (Å²) in [4.78, 5) is 24.2. The average Bonchev–Trinajstić information content (AvgIpc) is 3.23. The summed E-state index contributed by atoms with van der Waals surface area (Å²) in [5.41, 5.74) is 4.74. The number of amides is 2. The number of nitrogens with one attached hydrogen (secondary N) is 2. The van der Waals surface area contributed by atoms with Crippen molar-refractivity contribution < 1.29 is 23.8 Å². The summed E-state index contributed by atoms with van der Waals surface area (Å²) < 4.78 is 16.6. The summed E-state index contributed by atoms with van der Waals surface area (Å²) in [6, 6.07) is 13.5. The van der Waals surface area contributed by atoms with Crippen LogP contribution >= 0.6 is 0 Å². The molecule has 1 heterocycles. The molecule has 2 aromatic carbocycles. The number of hydrazine groups is 1. The van der Waals surface area contributed by atoms with Crippen molar-refractivity contribution in [3.63, 3.8) is 0 Å². The van der Waals surface area contributed by atoms with Crippen molar-refractivity contribution in [1.82, 2.24) is 10.9 Å². The van der Waals surface area contributed by atoms with E-state index in [0.717, 1.165) is 30.2 Å². The number of fused-ring (bicyclic) bond motifs is 1. The van der Waals surface area contributed by atoms with Gasteiger partial charge in [-0.1, -0.05) is 30.3 Å². The second-order valence-electron chi connectivity index (χ2n) is 6.86. The fraction of sp³-hybridized carbons (Fsp3) is 0.429. The molecule has 2 N–H and O–H groups in total. The molecule has 150 valence electrons. The van der Waals surface area contributed by atoms with Crippen LogP contribution in [0.5, 0.6) is 5.75 Å². The number of ether oxygens (including phenoxy) is 3. The van der Waals surface area contributed by atoms with E-state index in [1.807, 2.05) is 42.5 Å². The minimum Gasteiger partial charge on any atom is -0.481 e. The Morgan fingerprint density at radius 2 is 1.79 bits per heavy atom. The van der Waals surface area contributed by atoms with Crippen LogP contribution in [0.1, 0.15) is 26.7 Å². The fourth-order valence-electron chi connectivity index (χ4n) is 2.93. The molecule has 7 nitrogen and oxygen atoms in total. The zero-order chi connectivity index (χ0) is 19.9. The molecule has 0 aliphatic carbocycles. The van der Waals surface area contributed by atoms with Crippen molar-refractivity contribution in [2.24, 2.45) is 0 Å². The predicted octanol–water partition coefficient (Wildman–Crippen LogP) is 2.34. The highest BCUT2D eigenvalue weighted by molar-refractivity contribution is 5.87. The van der Waals surface area contributed by atoms with Gasteiger partial charge in [-0.3, -0.25) is 20.4 Å². The second kappa shape index (κ2) is 9.52. The Morgan fingerprint density at radius 1 is 1.07 bits per heavy atom. The predicted molar refractivity (Wildman–Crippen MR) is 105 cm³/mol. The normalized spacial score (nSPS) is 18.4. The van der Waals surface area contributed by atoms with Crippen LogP contribution in [-0.4, -0.2) is 43.3 Å². The highest BCUT2D eigenvalue weighted by Gasteiger charge is 2.21. The molecule has 0 aromatic heterocycles. The lowest BCUT2D eigenvalue weighted by Gasteiger charge is -2.18. The molecule has 2 aromatic rings. The third-order valence-corrected chi connectivity index (χ3v) is 4.64. The molecule has 0 radical (unpaired) electrons. The quantitative estimate of drug-likeness (QED) is 0.714. The summed E-state index contributed by atoms with van der Waals surface area (Å²) in [7, 11) is 0. The molecule has 28 heavy (non-hydrogen) atoms. The van der Waals surface area contributed by atoms with Gasteiger partial charge >= 0.3 is 0 Å². The van der Waals surface area contributed by atoms with Crippen molar-refractivity contribution in [3.05, 3.63) is 42.5 Å². The highest BCUT2D eigenvalue weighted by atomic mass is 16.5. The Balaban J connectivity index is 1.43.